The summed E-state index contributed by atoms with van der Waals surface area (Å²) in [5.74, 6) is -2.21. The SMILES string of the molecule is CCC(F)(F)c1nnc2n1[C@@H](CF)Cn1cc(-c3cc(Nc4ccnn4C)ncc3Cl)cc1-2. The Kier molecular flexibility index (Phi) is 5.15. The number of aromatic nitrogens is 7. The molecule has 1 atom stereocenters. The summed E-state index contributed by atoms with van der Waals surface area (Å²) in [5, 5.41) is 15.4. The van der Waals surface area contributed by atoms with Crippen molar-refractivity contribution in [1.82, 2.24) is 34.1 Å². The van der Waals surface area contributed by atoms with Gasteiger partial charge < -0.3 is 9.88 Å². The molecule has 12 heteroatoms. The quantitative estimate of drug-likeness (QED) is 0.425. The van der Waals surface area contributed by atoms with E-state index < -0.39 is 30.9 Å². The Bertz CT molecular complexity index is 1330. The van der Waals surface area contributed by atoms with Crippen LogP contribution in [-0.4, -0.2) is 40.8 Å². The zero-order chi connectivity index (χ0) is 23.3. The van der Waals surface area contributed by atoms with Gasteiger partial charge >= 0.3 is 5.92 Å². The lowest BCUT2D eigenvalue weighted by Gasteiger charge is -2.27. The van der Waals surface area contributed by atoms with Crippen LogP contribution < -0.4 is 5.32 Å². The molecule has 4 aromatic rings. The van der Waals surface area contributed by atoms with Crippen LogP contribution >= 0.6 is 11.6 Å². The molecule has 1 N–H and O–H groups in total. The maximum absolute atomic E-state index is 14.5. The largest absolute Gasteiger partial charge is 0.342 e. The average molecular weight is 477 g/mol. The van der Waals surface area contributed by atoms with Crippen molar-refractivity contribution >= 4 is 23.2 Å². The Morgan fingerprint density at radius 1 is 1.27 bits per heavy atom. The lowest BCUT2D eigenvalue weighted by molar-refractivity contribution is -0.0233. The van der Waals surface area contributed by atoms with Crippen LogP contribution in [0, 0.1) is 0 Å². The fourth-order valence-corrected chi connectivity index (χ4v) is 4.21. The highest BCUT2D eigenvalue weighted by molar-refractivity contribution is 6.33. The molecule has 0 saturated carbocycles. The molecule has 8 nitrogen and oxygen atoms in total. The van der Waals surface area contributed by atoms with E-state index in [4.69, 9.17) is 11.6 Å². The predicted octanol–water partition coefficient (Wildman–Crippen LogP) is 4.97. The average Bonchev–Trinajstić information content (AvgIpc) is 3.52. The number of rotatable bonds is 6. The van der Waals surface area contributed by atoms with Gasteiger partial charge in [0, 0.05) is 49.6 Å². The molecule has 5 heterocycles. The molecule has 5 rings (SSSR count). The molecular formula is C21H20ClF3N8. The van der Waals surface area contributed by atoms with Crippen LogP contribution in [0.3, 0.4) is 0 Å². The maximum atomic E-state index is 14.5. The van der Waals surface area contributed by atoms with E-state index in [-0.39, 0.29) is 12.4 Å². The number of aryl methyl sites for hydroxylation is 1. The van der Waals surface area contributed by atoms with Crippen molar-refractivity contribution in [2.24, 2.45) is 7.05 Å². The van der Waals surface area contributed by atoms with Crippen molar-refractivity contribution in [3.05, 3.63) is 47.6 Å². The Morgan fingerprint density at radius 3 is 2.79 bits per heavy atom. The van der Waals surface area contributed by atoms with Gasteiger partial charge in [0.15, 0.2) is 5.82 Å². The second-order valence-electron chi connectivity index (χ2n) is 7.86. The molecular weight excluding hydrogens is 457 g/mol. The van der Waals surface area contributed by atoms with E-state index in [1.165, 1.54) is 17.7 Å². The van der Waals surface area contributed by atoms with E-state index in [1.807, 2.05) is 6.20 Å². The van der Waals surface area contributed by atoms with Gasteiger partial charge in [0.2, 0.25) is 5.82 Å². The van der Waals surface area contributed by atoms with Crippen molar-refractivity contribution in [2.75, 3.05) is 12.0 Å². The third-order valence-corrected chi connectivity index (χ3v) is 6.09. The second kappa shape index (κ2) is 7.91. The summed E-state index contributed by atoms with van der Waals surface area (Å²) in [7, 11) is 1.80. The summed E-state index contributed by atoms with van der Waals surface area (Å²) in [4.78, 5) is 4.31. The number of hydrogen-bond acceptors (Lipinski definition) is 5. The molecule has 1 aliphatic heterocycles. The minimum atomic E-state index is -3.20. The number of alkyl halides is 3. The number of pyridine rings is 1. The molecule has 0 radical (unpaired) electrons. The third-order valence-electron chi connectivity index (χ3n) is 5.79. The van der Waals surface area contributed by atoms with E-state index in [2.05, 4.69) is 25.6 Å². The highest BCUT2D eigenvalue weighted by atomic mass is 35.5. The van der Waals surface area contributed by atoms with E-state index in [9.17, 15) is 13.2 Å². The number of nitrogens with zero attached hydrogens (tertiary/aromatic N) is 7. The monoisotopic (exact) mass is 476 g/mol. The summed E-state index contributed by atoms with van der Waals surface area (Å²) in [6.07, 6.45) is 4.55. The van der Waals surface area contributed by atoms with E-state index in [0.29, 0.717) is 22.1 Å². The van der Waals surface area contributed by atoms with Crippen LogP contribution in [0.5, 0.6) is 0 Å². The maximum Gasteiger partial charge on any atom is 0.306 e. The smallest absolute Gasteiger partial charge is 0.306 e. The summed E-state index contributed by atoms with van der Waals surface area (Å²) < 4.78 is 47.5. The molecule has 0 amide bonds. The molecule has 0 unspecified atom stereocenters. The molecule has 33 heavy (non-hydrogen) atoms. The van der Waals surface area contributed by atoms with Crippen molar-refractivity contribution in [3.8, 4) is 22.6 Å². The van der Waals surface area contributed by atoms with Gasteiger partial charge in [-0.25, -0.2) is 9.37 Å². The minimum absolute atomic E-state index is 0.173. The van der Waals surface area contributed by atoms with Gasteiger partial charge in [-0.05, 0) is 12.1 Å². The molecule has 0 aromatic carbocycles. The van der Waals surface area contributed by atoms with Gasteiger partial charge in [-0.2, -0.15) is 13.9 Å². The summed E-state index contributed by atoms with van der Waals surface area (Å²) in [6.45, 7) is 0.713. The zero-order valence-corrected chi connectivity index (χ0v) is 18.6. The first-order chi connectivity index (χ1) is 15.8. The topological polar surface area (TPSA) is 78.4 Å². The fourth-order valence-electron chi connectivity index (χ4n) is 4.00. The molecule has 0 spiro atoms. The van der Waals surface area contributed by atoms with Gasteiger partial charge in [0.05, 0.1) is 23.0 Å². The standard InChI is InChI=1S/C21H20ClF3N8/c1-3-21(24,25)20-30-29-19-16-6-12(10-32(16)11-13(8-23)33(19)20)14-7-17(26-9-15(14)22)28-18-4-5-27-31(18)2/h4-7,9-10,13H,3,8,11H2,1-2H3,(H,26,28)/t13-/m0/s1. The summed E-state index contributed by atoms with van der Waals surface area (Å²) in [6, 6.07) is 4.55. The second-order valence-corrected chi connectivity index (χ2v) is 8.27. The molecule has 0 bridgehead atoms. The lowest BCUT2D eigenvalue weighted by Crippen LogP contribution is -2.29. The van der Waals surface area contributed by atoms with Crippen LogP contribution in [-0.2, 0) is 19.5 Å². The predicted molar refractivity (Wildman–Crippen MR) is 117 cm³/mol. The number of hydrogen-bond donors (Lipinski definition) is 1. The van der Waals surface area contributed by atoms with Gasteiger partial charge in [0.25, 0.3) is 0 Å². The molecule has 4 aromatic heterocycles. The Hall–Kier alpha value is -3.34. The lowest BCUT2D eigenvalue weighted by atomic mass is 10.1. The molecule has 0 aliphatic carbocycles. The number of fused-ring (bicyclic) bond motifs is 3. The van der Waals surface area contributed by atoms with Crippen molar-refractivity contribution in [1.29, 1.82) is 0 Å². The van der Waals surface area contributed by atoms with Crippen LogP contribution in [0.2, 0.25) is 5.02 Å². The number of nitrogens with one attached hydrogen (secondary N) is 1. The van der Waals surface area contributed by atoms with Crippen LogP contribution in [0.1, 0.15) is 25.2 Å². The summed E-state index contributed by atoms with van der Waals surface area (Å²) >= 11 is 6.44. The summed E-state index contributed by atoms with van der Waals surface area (Å²) in [5.41, 5.74) is 1.97. The van der Waals surface area contributed by atoms with Crippen LogP contribution in [0.15, 0.2) is 36.8 Å². The van der Waals surface area contributed by atoms with E-state index >= 15 is 0 Å². The Labute approximate surface area is 192 Å². The minimum Gasteiger partial charge on any atom is -0.342 e. The van der Waals surface area contributed by atoms with Gasteiger partial charge in [-0.1, -0.05) is 18.5 Å². The van der Waals surface area contributed by atoms with E-state index in [0.717, 1.165) is 11.4 Å². The Balaban J connectivity index is 1.57. The first kappa shape index (κ1) is 21.5. The van der Waals surface area contributed by atoms with Gasteiger partial charge in [-0.15, -0.1) is 10.2 Å². The normalized spacial score (nSPS) is 15.4. The van der Waals surface area contributed by atoms with E-state index in [1.54, 1.807) is 40.7 Å². The van der Waals surface area contributed by atoms with Crippen molar-refractivity contribution < 1.29 is 13.2 Å². The van der Waals surface area contributed by atoms with Crippen molar-refractivity contribution in [3.63, 3.8) is 0 Å². The first-order valence-corrected chi connectivity index (χ1v) is 10.7. The van der Waals surface area contributed by atoms with Crippen LogP contribution in [0.4, 0.5) is 24.8 Å². The highest BCUT2D eigenvalue weighted by Gasteiger charge is 2.40. The van der Waals surface area contributed by atoms with Gasteiger partial charge in [0.1, 0.15) is 18.3 Å². The Morgan fingerprint density at radius 2 is 2.09 bits per heavy atom. The van der Waals surface area contributed by atoms with Crippen LogP contribution in [0.25, 0.3) is 22.6 Å². The van der Waals surface area contributed by atoms with Gasteiger partial charge in [-0.3, -0.25) is 9.25 Å². The third kappa shape index (κ3) is 3.56. The molecule has 0 fully saturated rings. The first-order valence-electron chi connectivity index (χ1n) is 10.3. The fraction of sp³-hybridized carbons (Fsp3) is 0.333. The number of halogens is 4. The molecule has 0 saturated heterocycles. The molecule has 172 valence electrons. The highest BCUT2D eigenvalue weighted by Crippen LogP contribution is 2.40. The number of anilines is 2. The zero-order valence-electron chi connectivity index (χ0n) is 17.8. The molecule has 1 aliphatic rings. The van der Waals surface area contributed by atoms with Crippen molar-refractivity contribution in [2.45, 2.75) is 31.9 Å².